The Bertz CT molecular complexity index is 371. The van der Waals surface area contributed by atoms with Crippen LogP contribution in [0.1, 0.15) is 15.9 Å². The molecule has 0 radical (unpaired) electrons. The maximum atomic E-state index is 11.8. The van der Waals surface area contributed by atoms with Gasteiger partial charge in [-0.1, -0.05) is 15.9 Å². The minimum absolute atomic E-state index is 0.145. The highest BCUT2D eigenvalue weighted by Gasteiger charge is 2.10. The first-order chi connectivity index (χ1) is 8.06. The number of nitrogens with one attached hydrogen (secondary N) is 1. The highest BCUT2D eigenvalue weighted by molar-refractivity contribution is 9.10. The quantitative estimate of drug-likeness (QED) is 0.847. The van der Waals surface area contributed by atoms with Gasteiger partial charge < -0.3 is 14.8 Å². The van der Waals surface area contributed by atoms with Crippen LogP contribution in [-0.4, -0.2) is 33.0 Å². The Hall–Kier alpha value is -0.910. The van der Waals surface area contributed by atoms with Gasteiger partial charge in [0.05, 0.1) is 6.54 Å². The first-order valence-electron chi connectivity index (χ1n) is 5.17. The number of carbonyl (C=O) groups is 1. The molecule has 0 aromatic heterocycles. The van der Waals surface area contributed by atoms with Crippen molar-refractivity contribution in [3.8, 4) is 0 Å². The Morgan fingerprint density at radius 3 is 2.53 bits per heavy atom. The molecule has 1 aromatic rings. The number of aryl methyl sites for hydroxylation is 1. The Morgan fingerprint density at radius 2 is 2.00 bits per heavy atom. The molecule has 5 heteroatoms. The summed E-state index contributed by atoms with van der Waals surface area (Å²) in [5, 5.41) is 2.75. The van der Waals surface area contributed by atoms with Crippen LogP contribution in [0.15, 0.2) is 22.7 Å². The van der Waals surface area contributed by atoms with Crippen molar-refractivity contribution in [1.29, 1.82) is 0 Å². The first kappa shape index (κ1) is 14.2. The van der Waals surface area contributed by atoms with Gasteiger partial charge in [-0.3, -0.25) is 4.79 Å². The molecular weight excluding hydrogens is 286 g/mol. The molecule has 0 saturated carbocycles. The minimum Gasteiger partial charge on any atom is -0.354 e. The summed E-state index contributed by atoms with van der Waals surface area (Å²) in [5.41, 5.74) is 1.64. The number of halogens is 1. The number of methoxy groups -OCH3 is 2. The zero-order chi connectivity index (χ0) is 12.8. The van der Waals surface area contributed by atoms with E-state index in [9.17, 15) is 4.79 Å². The molecule has 0 unspecified atom stereocenters. The van der Waals surface area contributed by atoms with Gasteiger partial charge in [0, 0.05) is 24.3 Å². The Labute approximate surface area is 109 Å². The van der Waals surface area contributed by atoms with E-state index in [1.807, 2.05) is 19.1 Å². The van der Waals surface area contributed by atoms with Gasteiger partial charge >= 0.3 is 0 Å². The molecule has 0 aliphatic carbocycles. The average molecular weight is 302 g/mol. The molecule has 1 amide bonds. The Kier molecular flexibility index (Phi) is 5.61. The van der Waals surface area contributed by atoms with Gasteiger partial charge in [-0.05, 0) is 30.7 Å². The van der Waals surface area contributed by atoms with Gasteiger partial charge in [0.1, 0.15) is 0 Å². The van der Waals surface area contributed by atoms with Crippen molar-refractivity contribution in [3.05, 3.63) is 33.8 Å². The summed E-state index contributed by atoms with van der Waals surface area (Å²) in [6.07, 6.45) is -0.424. The zero-order valence-corrected chi connectivity index (χ0v) is 11.7. The monoisotopic (exact) mass is 301 g/mol. The van der Waals surface area contributed by atoms with Crippen molar-refractivity contribution >= 4 is 21.8 Å². The second kappa shape index (κ2) is 6.74. The second-order valence-corrected chi connectivity index (χ2v) is 4.54. The molecule has 1 aromatic carbocycles. The molecule has 0 saturated heterocycles. The molecule has 1 rings (SSSR count). The van der Waals surface area contributed by atoms with Gasteiger partial charge in [0.25, 0.3) is 5.91 Å². The molecule has 4 nitrogen and oxygen atoms in total. The van der Waals surface area contributed by atoms with Crippen molar-refractivity contribution in [2.45, 2.75) is 13.2 Å². The summed E-state index contributed by atoms with van der Waals surface area (Å²) in [6, 6.07) is 5.55. The van der Waals surface area contributed by atoms with Gasteiger partial charge in [0.2, 0.25) is 0 Å². The van der Waals surface area contributed by atoms with Crippen LogP contribution in [0.5, 0.6) is 0 Å². The highest BCUT2D eigenvalue weighted by Crippen LogP contribution is 2.15. The van der Waals surface area contributed by atoms with E-state index in [0.29, 0.717) is 12.1 Å². The van der Waals surface area contributed by atoms with Crippen LogP contribution < -0.4 is 5.32 Å². The molecule has 0 spiro atoms. The third-order valence-corrected chi connectivity index (χ3v) is 2.72. The van der Waals surface area contributed by atoms with Crippen LogP contribution in [0.25, 0.3) is 0 Å². The van der Waals surface area contributed by atoms with Crippen molar-refractivity contribution < 1.29 is 14.3 Å². The van der Waals surface area contributed by atoms with Crippen LogP contribution in [-0.2, 0) is 9.47 Å². The van der Waals surface area contributed by atoms with E-state index < -0.39 is 6.29 Å². The molecule has 17 heavy (non-hydrogen) atoms. The summed E-state index contributed by atoms with van der Waals surface area (Å²) in [5.74, 6) is -0.145. The fourth-order valence-corrected chi connectivity index (χ4v) is 2.02. The van der Waals surface area contributed by atoms with Crippen molar-refractivity contribution in [3.63, 3.8) is 0 Å². The van der Waals surface area contributed by atoms with Crippen molar-refractivity contribution in [2.24, 2.45) is 0 Å². The van der Waals surface area contributed by atoms with Crippen LogP contribution in [0.3, 0.4) is 0 Å². The van der Waals surface area contributed by atoms with E-state index in [-0.39, 0.29) is 5.91 Å². The summed E-state index contributed by atoms with van der Waals surface area (Å²) >= 11 is 3.36. The second-order valence-electron chi connectivity index (χ2n) is 3.63. The minimum atomic E-state index is -0.424. The normalized spacial score (nSPS) is 10.6. The molecule has 0 aliphatic heterocycles. The first-order valence-corrected chi connectivity index (χ1v) is 5.97. The molecule has 0 fully saturated rings. The number of rotatable bonds is 5. The van der Waals surface area contributed by atoms with Gasteiger partial charge in [0.15, 0.2) is 6.29 Å². The average Bonchev–Trinajstić information content (AvgIpc) is 2.28. The van der Waals surface area contributed by atoms with Gasteiger partial charge in [-0.25, -0.2) is 0 Å². The third kappa shape index (κ3) is 4.46. The number of hydrogen-bond acceptors (Lipinski definition) is 3. The van der Waals surface area contributed by atoms with Crippen LogP contribution in [0.4, 0.5) is 0 Å². The maximum absolute atomic E-state index is 11.8. The molecule has 0 atom stereocenters. The highest BCUT2D eigenvalue weighted by atomic mass is 79.9. The molecule has 0 aliphatic rings. The standard InChI is InChI=1S/C12H16BrNO3/c1-8-4-9(6-10(13)5-8)12(15)14-7-11(16-2)17-3/h4-6,11H,7H2,1-3H3,(H,14,15). The SMILES string of the molecule is COC(CNC(=O)c1cc(C)cc(Br)c1)OC. The van der Waals surface area contributed by atoms with Crippen LogP contribution >= 0.6 is 15.9 Å². The van der Waals surface area contributed by atoms with E-state index in [2.05, 4.69) is 21.2 Å². The number of carbonyl (C=O) groups excluding carboxylic acids is 1. The summed E-state index contributed by atoms with van der Waals surface area (Å²) in [4.78, 5) is 11.8. The van der Waals surface area contributed by atoms with Crippen LogP contribution in [0, 0.1) is 6.92 Å². The van der Waals surface area contributed by atoms with Crippen molar-refractivity contribution in [2.75, 3.05) is 20.8 Å². The number of ether oxygens (including phenoxy) is 2. The number of benzene rings is 1. The summed E-state index contributed by atoms with van der Waals surface area (Å²) in [7, 11) is 3.06. The fraction of sp³-hybridized carbons (Fsp3) is 0.417. The predicted octanol–water partition coefficient (Wildman–Crippen LogP) is 2.11. The van der Waals surface area contributed by atoms with Crippen LogP contribution in [0.2, 0.25) is 0 Å². The maximum Gasteiger partial charge on any atom is 0.251 e. The van der Waals surface area contributed by atoms with Crippen molar-refractivity contribution in [1.82, 2.24) is 5.32 Å². The smallest absolute Gasteiger partial charge is 0.251 e. The lowest BCUT2D eigenvalue weighted by atomic mass is 10.1. The molecule has 1 N–H and O–H groups in total. The lowest BCUT2D eigenvalue weighted by molar-refractivity contribution is -0.0974. The third-order valence-electron chi connectivity index (χ3n) is 2.26. The molecular formula is C12H16BrNO3. The lowest BCUT2D eigenvalue weighted by Crippen LogP contribution is -2.34. The van der Waals surface area contributed by atoms with E-state index in [0.717, 1.165) is 10.0 Å². The summed E-state index contributed by atoms with van der Waals surface area (Å²) in [6.45, 7) is 2.26. The lowest BCUT2D eigenvalue weighted by Gasteiger charge is -2.14. The predicted molar refractivity (Wildman–Crippen MR) is 69.0 cm³/mol. The van der Waals surface area contributed by atoms with E-state index in [1.165, 1.54) is 14.2 Å². The van der Waals surface area contributed by atoms with E-state index in [4.69, 9.17) is 9.47 Å². The topological polar surface area (TPSA) is 47.6 Å². The van der Waals surface area contributed by atoms with E-state index in [1.54, 1.807) is 6.07 Å². The Balaban J connectivity index is 2.63. The summed E-state index contributed by atoms with van der Waals surface area (Å²) < 4.78 is 10.9. The molecule has 0 bridgehead atoms. The molecule has 94 valence electrons. The van der Waals surface area contributed by atoms with E-state index >= 15 is 0 Å². The van der Waals surface area contributed by atoms with Gasteiger partial charge in [-0.2, -0.15) is 0 Å². The number of amides is 1. The fourth-order valence-electron chi connectivity index (χ4n) is 1.41. The molecule has 0 heterocycles. The largest absolute Gasteiger partial charge is 0.354 e. The Morgan fingerprint density at radius 1 is 1.35 bits per heavy atom. The number of hydrogen-bond donors (Lipinski definition) is 1. The zero-order valence-electron chi connectivity index (χ0n) is 10.1. The van der Waals surface area contributed by atoms with Gasteiger partial charge in [-0.15, -0.1) is 0 Å².